The van der Waals surface area contributed by atoms with Crippen LogP contribution in [-0.2, 0) is 0 Å². The van der Waals surface area contributed by atoms with Crippen LogP contribution >= 0.6 is 23.2 Å². The summed E-state index contributed by atoms with van der Waals surface area (Å²) in [5.74, 6) is -2.45. The first kappa shape index (κ1) is 27.2. The number of piperidine rings is 1. The number of carboxylic acids is 1. The van der Waals surface area contributed by atoms with Gasteiger partial charge in [-0.2, -0.15) is 0 Å². The molecular weight excluding hydrogens is 595 g/mol. The second-order valence-corrected chi connectivity index (χ2v) is 10.4. The molecule has 4 rings (SSSR count). The number of benzene rings is 1. The molecule has 0 radical (unpaired) electrons. The van der Waals surface area contributed by atoms with Gasteiger partial charge in [-0.1, -0.05) is 23.2 Å². The maximum absolute atomic E-state index is 12.8. The summed E-state index contributed by atoms with van der Waals surface area (Å²) in [6.07, 6.45) is -3.55. The SMILES string of the molecule is O=C(O)c1ccc(-c2ccc(Cl)cc2Cl)nc1N1CCCC(Nc2ccc(C(=O)C(F)(F)F)c([AsH2])n2)C1. The van der Waals surface area contributed by atoms with E-state index >= 15 is 0 Å². The van der Waals surface area contributed by atoms with Gasteiger partial charge >= 0.3 is 189 Å². The molecule has 1 fully saturated rings. The van der Waals surface area contributed by atoms with Crippen molar-refractivity contribution in [1.82, 2.24) is 9.97 Å². The fourth-order valence-corrected chi connectivity index (χ4v) is 5.37. The normalized spacial score (nSPS) is 15.9. The number of carboxylic acid groups (broad SMARTS) is 1. The number of ketones is 1. The molecule has 2 unspecified atom stereocenters. The van der Waals surface area contributed by atoms with Gasteiger partial charge < -0.3 is 0 Å². The average molecular weight is 615 g/mol. The number of hydrogen-bond acceptors (Lipinski definition) is 6. The van der Waals surface area contributed by atoms with Crippen molar-refractivity contribution in [1.29, 1.82) is 0 Å². The molecule has 7 nitrogen and oxygen atoms in total. The topological polar surface area (TPSA) is 95.4 Å². The van der Waals surface area contributed by atoms with E-state index in [9.17, 15) is 27.9 Å². The average Bonchev–Trinajstić information content (AvgIpc) is 2.83. The fourth-order valence-electron chi connectivity index (χ4n) is 4.10. The third kappa shape index (κ3) is 6.19. The van der Waals surface area contributed by atoms with Crippen LogP contribution in [0.2, 0.25) is 10.0 Å². The van der Waals surface area contributed by atoms with Crippen molar-refractivity contribution in [2.75, 3.05) is 23.3 Å². The number of aromatic carboxylic acids is 1. The van der Waals surface area contributed by atoms with Crippen LogP contribution in [0.5, 0.6) is 0 Å². The fraction of sp³-hybridized carbons (Fsp3) is 0.250. The van der Waals surface area contributed by atoms with Gasteiger partial charge in [-0.3, -0.25) is 0 Å². The Bertz CT molecular complexity index is 1370. The van der Waals surface area contributed by atoms with Gasteiger partial charge in [0.15, 0.2) is 0 Å². The van der Waals surface area contributed by atoms with E-state index in [4.69, 9.17) is 23.2 Å². The van der Waals surface area contributed by atoms with E-state index in [0.717, 1.165) is 29.3 Å². The van der Waals surface area contributed by atoms with Crippen LogP contribution in [0.4, 0.5) is 24.8 Å². The van der Waals surface area contributed by atoms with E-state index in [2.05, 4.69) is 15.3 Å². The van der Waals surface area contributed by atoms with Crippen LogP contribution in [0.25, 0.3) is 11.3 Å². The summed E-state index contributed by atoms with van der Waals surface area (Å²) in [5.41, 5.74) is 0.643. The Morgan fingerprint density at radius 1 is 1.08 bits per heavy atom. The van der Waals surface area contributed by atoms with Gasteiger partial charge in [0.2, 0.25) is 0 Å². The number of nitrogens with zero attached hydrogens (tertiary/aromatic N) is 3. The Labute approximate surface area is 228 Å². The Balaban J connectivity index is 1.58. The second-order valence-electron chi connectivity index (χ2n) is 8.38. The van der Waals surface area contributed by atoms with Crippen molar-refractivity contribution in [3.8, 4) is 11.3 Å². The van der Waals surface area contributed by atoms with E-state index in [1.807, 2.05) is 4.90 Å². The molecule has 0 spiro atoms. The molecule has 194 valence electrons. The van der Waals surface area contributed by atoms with Gasteiger partial charge in [-0.15, -0.1) is 0 Å². The van der Waals surface area contributed by atoms with Gasteiger partial charge in [0, 0.05) is 5.02 Å². The van der Waals surface area contributed by atoms with Crippen molar-refractivity contribution in [3.63, 3.8) is 0 Å². The molecular formula is C24H20AsCl2F3N4O3. The quantitative estimate of drug-likeness (QED) is 0.317. The van der Waals surface area contributed by atoms with Crippen LogP contribution in [-0.4, -0.2) is 69.0 Å². The Morgan fingerprint density at radius 2 is 1.81 bits per heavy atom. The number of pyridine rings is 2. The van der Waals surface area contributed by atoms with E-state index in [0.29, 0.717) is 46.6 Å². The number of halogens is 5. The number of carbonyl (C=O) groups excluding carboxylic acids is 1. The van der Waals surface area contributed by atoms with Crippen LogP contribution in [0.15, 0.2) is 42.5 Å². The number of carbonyl (C=O) groups is 2. The number of hydrogen-bond donors (Lipinski definition) is 2. The summed E-state index contributed by atoms with van der Waals surface area (Å²) in [7, 11) is 0. The van der Waals surface area contributed by atoms with Crippen molar-refractivity contribution in [3.05, 3.63) is 63.6 Å². The van der Waals surface area contributed by atoms with E-state index < -0.39 is 23.5 Å². The molecule has 1 saturated heterocycles. The first-order valence-electron chi connectivity index (χ1n) is 11.0. The summed E-state index contributed by atoms with van der Waals surface area (Å²) >= 11 is 13.1. The molecule has 0 saturated carbocycles. The van der Waals surface area contributed by atoms with E-state index in [1.165, 1.54) is 12.1 Å². The van der Waals surface area contributed by atoms with E-state index in [-0.39, 0.29) is 21.9 Å². The molecule has 0 amide bonds. The van der Waals surface area contributed by atoms with Crippen LogP contribution in [0.1, 0.15) is 33.6 Å². The molecule has 1 aliphatic rings. The van der Waals surface area contributed by atoms with Crippen LogP contribution in [0, 0.1) is 0 Å². The summed E-state index contributed by atoms with van der Waals surface area (Å²) < 4.78 is 38.4. The molecule has 2 atom stereocenters. The molecule has 3 heterocycles. The molecule has 1 aromatic carbocycles. The van der Waals surface area contributed by atoms with Crippen LogP contribution in [0.3, 0.4) is 0 Å². The molecule has 13 heteroatoms. The number of aromatic nitrogens is 2. The molecule has 0 bridgehead atoms. The zero-order valence-corrected chi connectivity index (χ0v) is 23.0. The molecule has 3 aromatic rings. The monoisotopic (exact) mass is 614 g/mol. The number of anilines is 2. The number of Topliss-reactive ketones (excluding diaryl/α,β-unsaturated/α-hetero) is 1. The van der Waals surface area contributed by atoms with E-state index in [1.54, 1.807) is 24.3 Å². The summed E-state index contributed by atoms with van der Waals surface area (Å²) in [5, 5.41) is 13.8. The molecule has 37 heavy (non-hydrogen) atoms. The van der Waals surface area contributed by atoms with Crippen molar-refractivity contribution >= 4 is 67.9 Å². The van der Waals surface area contributed by atoms with Crippen LogP contribution < -0.4 is 14.7 Å². The summed E-state index contributed by atoms with van der Waals surface area (Å²) in [4.78, 5) is 34.2. The molecule has 0 aliphatic carbocycles. The van der Waals surface area contributed by atoms with Gasteiger partial charge in [0.05, 0.1) is 0 Å². The zero-order valence-electron chi connectivity index (χ0n) is 19.0. The third-order valence-electron chi connectivity index (χ3n) is 5.81. The van der Waals surface area contributed by atoms with Gasteiger partial charge in [-0.25, -0.2) is 0 Å². The minimum atomic E-state index is -4.97. The first-order chi connectivity index (χ1) is 17.4. The van der Waals surface area contributed by atoms with Crippen molar-refractivity contribution < 1.29 is 27.9 Å². The van der Waals surface area contributed by atoms with Gasteiger partial charge in [0.25, 0.3) is 0 Å². The summed E-state index contributed by atoms with van der Waals surface area (Å²) in [6.45, 7) is 0.929. The van der Waals surface area contributed by atoms with Gasteiger partial charge in [-0.05, 0) is 12.1 Å². The zero-order chi connectivity index (χ0) is 26.9. The number of alkyl halides is 3. The molecule has 2 N–H and O–H groups in total. The first-order valence-corrected chi connectivity index (χ1v) is 13.0. The Morgan fingerprint density at radius 3 is 2.46 bits per heavy atom. The Kier molecular flexibility index (Phi) is 8.02. The second kappa shape index (κ2) is 10.9. The molecule has 1 aliphatic heterocycles. The Hall–Kier alpha value is -2.81. The van der Waals surface area contributed by atoms with Crippen molar-refractivity contribution in [2.45, 2.75) is 25.1 Å². The third-order valence-corrected chi connectivity index (χ3v) is 7.28. The minimum absolute atomic E-state index is 0.0230. The maximum atomic E-state index is 12.8. The number of nitrogens with one attached hydrogen (secondary N) is 1. The van der Waals surface area contributed by atoms with Crippen molar-refractivity contribution in [2.24, 2.45) is 0 Å². The predicted octanol–water partition coefficient (Wildman–Crippen LogP) is 4.23. The van der Waals surface area contributed by atoms with Gasteiger partial charge in [0.1, 0.15) is 0 Å². The number of rotatable bonds is 6. The standard InChI is InChI=1S/C24H20AsCl2F3N4O3/c25-21-15(20(35)24(28,29)30)6-8-19(33-21)31-13-2-1-9-34(11-13)22-16(23(36)37)5-7-18(32-22)14-4-3-12(26)10-17(14)27/h3-8,10,13H,1-2,9,11,25H2,(H,31,33)(H,36,37). The molecule has 2 aromatic heterocycles. The summed E-state index contributed by atoms with van der Waals surface area (Å²) in [6, 6.07) is 10.3. The predicted molar refractivity (Wildman–Crippen MR) is 138 cm³/mol.